The summed E-state index contributed by atoms with van der Waals surface area (Å²) in [6.07, 6.45) is 3.58. The number of anilines is 3. The zero-order valence-corrected chi connectivity index (χ0v) is 15.7. The molecule has 4 rings (SSSR count). The van der Waals surface area contributed by atoms with Crippen LogP contribution in [0.25, 0.3) is 22.3 Å². The van der Waals surface area contributed by atoms with Gasteiger partial charge >= 0.3 is 0 Å². The van der Waals surface area contributed by atoms with Crippen LogP contribution in [0, 0.1) is 6.92 Å². The predicted octanol–water partition coefficient (Wildman–Crippen LogP) is 4.27. The Hall–Kier alpha value is -3.08. The molecule has 0 atom stereocenters. The SMILES string of the molecule is Cc1ccc(-c2ccc(-c3c(N)nc(N)nc3N3CCCCC3)cc2)cc1. The largest absolute Gasteiger partial charge is 0.383 e. The van der Waals surface area contributed by atoms with Gasteiger partial charge in [0.25, 0.3) is 0 Å². The Morgan fingerprint density at radius 3 is 1.93 bits per heavy atom. The Morgan fingerprint density at radius 1 is 0.741 bits per heavy atom. The molecule has 0 bridgehead atoms. The fourth-order valence-electron chi connectivity index (χ4n) is 3.67. The number of aromatic nitrogens is 2. The normalized spacial score (nSPS) is 14.3. The molecule has 0 radical (unpaired) electrons. The van der Waals surface area contributed by atoms with Crippen molar-refractivity contribution in [2.24, 2.45) is 0 Å². The van der Waals surface area contributed by atoms with Gasteiger partial charge in [0.05, 0.1) is 5.56 Å². The van der Waals surface area contributed by atoms with Gasteiger partial charge in [0.2, 0.25) is 5.95 Å². The molecule has 1 aliphatic rings. The summed E-state index contributed by atoms with van der Waals surface area (Å²) < 4.78 is 0. The number of hydrogen-bond donors (Lipinski definition) is 2. The van der Waals surface area contributed by atoms with Crippen LogP contribution in [0.1, 0.15) is 24.8 Å². The molecule has 27 heavy (non-hydrogen) atoms. The fourth-order valence-corrected chi connectivity index (χ4v) is 3.67. The van der Waals surface area contributed by atoms with Gasteiger partial charge in [-0.25, -0.2) is 0 Å². The van der Waals surface area contributed by atoms with Crippen molar-refractivity contribution in [2.75, 3.05) is 29.5 Å². The van der Waals surface area contributed by atoms with Gasteiger partial charge in [-0.1, -0.05) is 54.1 Å². The van der Waals surface area contributed by atoms with E-state index in [2.05, 4.69) is 70.3 Å². The number of hydrogen-bond acceptors (Lipinski definition) is 5. The van der Waals surface area contributed by atoms with Crippen molar-refractivity contribution in [3.8, 4) is 22.3 Å². The van der Waals surface area contributed by atoms with Gasteiger partial charge in [0, 0.05) is 13.1 Å². The standard InChI is InChI=1S/C22H25N5/c1-15-5-7-16(8-6-15)17-9-11-18(12-10-17)19-20(23)25-22(24)26-21(19)27-13-3-2-4-14-27/h5-12H,2-4,13-14H2,1H3,(H4,23,24,25,26). The summed E-state index contributed by atoms with van der Waals surface area (Å²) in [7, 11) is 0. The summed E-state index contributed by atoms with van der Waals surface area (Å²) in [5.41, 5.74) is 17.7. The van der Waals surface area contributed by atoms with Crippen molar-refractivity contribution >= 4 is 17.6 Å². The van der Waals surface area contributed by atoms with Gasteiger partial charge in [0.1, 0.15) is 11.6 Å². The van der Waals surface area contributed by atoms with E-state index in [1.807, 2.05) is 0 Å². The van der Waals surface area contributed by atoms with E-state index in [-0.39, 0.29) is 5.95 Å². The van der Waals surface area contributed by atoms with Crippen LogP contribution in [-0.2, 0) is 0 Å². The van der Waals surface area contributed by atoms with Crippen LogP contribution in [0.4, 0.5) is 17.6 Å². The first-order valence-electron chi connectivity index (χ1n) is 9.47. The number of benzene rings is 2. The van der Waals surface area contributed by atoms with E-state index in [1.165, 1.54) is 23.1 Å². The third-order valence-corrected chi connectivity index (χ3v) is 5.15. The average Bonchev–Trinajstić information content (AvgIpc) is 2.69. The number of rotatable bonds is 3. The second-order valence-electron chi connectivity index (χ2n) is 7.16. The zero-order valence-electron chi connectivity index (χ0n) is 15.7. The molecule has 5 nitrogen and oxygen atoms in total. The Bertz CT molecular complexity index is 926. The minimum Gasteiger partial charge on any atom is -0.383 e. The molecule has 4 N–H and O–H groups in total. The van der Waals surface area contributed by atoms with Crippen molar-refractivity contribution in [1.29, 1.82) is 0 Å². The van der Waals surface area contributed by atoms with E-state index in [0.29, 0.717) is 5.82 Å². The maximum absolute atomic E-state index is 6.27. The first-order valence-corrected chi connectivity index (χ1v) is 9.47. The Morgan fingerprint density at radius 2 is 1.30 bits per heavy atom. The molecule has 0 aliphatic carbocycles. The lowest BCUT2D eigenvalue weighted by Gasteiger charge is -2.30. The summed E-state index contributed by atoms with van der Waals surface area (Å²) in [6, 6.07) is 17.0. The molecule has 3 aromatic rings. The molecule has 0 saturated carbocycles. The van der Waals surface area contributed by atoms with E-state index in [0.717, 1.165) is 42.9 Å². The summed E-state index contributed by atoms with van der Waals surface area (Å²) in [4.78, 5) is 11.0. The van der Waals surface area contributed by atoms with E-state index < -0.39 is 0 Å². The van der Waals surface area contributed by atoms with Gasteiger partial charge in [-0.3, -0.25) is 0 Å². The average molecular weight is 359 g/mol. The number of nitrogen functional groups attached to an aromatic ring is 2. The lowest BCUT2D eigenvalue weighted by Crippen LogP contribution is -2.31. The Kier molecular flexibility index (Phi) is 4.67. The summed E-state index contributed by atoms with van der Waals surface area (Å²) in [5, 5.41) is 0. The maximum atomic E-state index is 6.27. The molecular formula is C22H25N5. The van der Waals surface area contributed by atoms with Crippen molar-refractivity contribution in [3.05, 3.63) is 54.1 Å². The smallest absolute Gasteiger partial charge is 0.223 e. The van der Waals surface area contributed by atoms with Gasteiger partial charge in [-0.15, -0.1) is 0 Å². The number of aryl methyl sites for hydroxylation is 1. The second-order valence-corrected chi connectivity index (χ2v) is 7.16. The molecule has 138 valence electrons. The second kappa shape index (κ2) is 7.27. The molecule has 0 spiro atoms. The van der Waals surface area contributed by atoms with Crippen LogP contribution in [-0.4, -0.2) is 23.1 Å². The molecule has 2 aromatic carbocycles. The van der Waals surface area contributed by atoms with Crippen molar-refractivity contribution < 1.29 is 0 Å². The fraction of sp³-hybridized carbons (Fsp3) is 0.273. The Labute approximate surface area is 160 Å². The maximum Gasteiger partial charge on any atom is 0.223 e. The predicted molar refractivity (Wildman–Crippen MR) is 113 cm³/mol. The lowest BCUT2D eigenvalue weighted by molar-refractivity contribution is 0.574. The molecule has 0 amide bonds. The number of piperidine rings is 1. The van der Waals surface area contributed by atoms with Crippen molar-refractivity contribution in [3.63, 3.8) is 0 Å². The van der Waals surface area contributed by atoms with Crippen molar-refractivity contribution in [2.45, 2.75) is 26.2 Å². The minimum atomic E-state index is 0.230. The molecular weight excluding hydrogens is 334 g/mol. The topological polar surface area (TPSA) is 81.1 Å². The summed E-state index contributed by atoms with van der Waals surface area (Å²) in [5.74, 6) is 1.52. The molecule has 5 heteroatoms. The quantitative estimate of drug-likeness (QED) is 0.730. The highest BCUT2D eigenvalue weighted by molar-refractivity contribution is 5.86. The summed E-state index contributed by atoms with van der Waals surface area (Å²) in [6.45, 7) is 4.05. The highest BCUT2D eigenvalue weighted by atomic mass is 15.2. The van der Waals surface area contributed by atoms with Crippen LogP contribution in [0.15, 0.2) is 48.5 Å². The van der Waals surface area contributed by atoms with Gasteiger partial charge in [-0.05, 0) is 42.9 Å². The van der Waals surface area contributed by atoms with Crippen LogP contribution in [0.3, 0.4) is 0 Å². The van der Waals surface area contributed by atoms with Crippen LogP contribution in [0.2, 0.25) is 0 Å². The first kappa shape index (κ1) is 17.3. The number of nitrogens with zero attached hydrogens (tertiary/aromatic N) is 3. The minimum absolute atomic E-state index is 0.230. The van der Waals surface area contributed by atoms with Crippen LogP contribution < -0.4 is 16.4 Å². The molecule has 2 heterocycles. The first-order chi connectivity index (χ1) is 13.1. The Balaban J connectivity index is 1.73. The highest BCUT2D eigenvalue weighted by Gasteiger charge is 2.21. The van der Waals surface area contributed by atoms with E-state index >= 15 is 0 Å². The molecule has 1 saturated heterocycles. The lowest BCUT2D eigenvalue weighted by atomic mass is 9.99. The van der Waals surface area contributed by atoms with Gasteiger partial charge in [-0.2, -0.15) is 9.97 Å². The van der Waals surface area contributed by atoms with Crippen LogP contribution >= 0.6 is 0 Å². The monoisotopic (exact) mass is 359 g/mol. The molecule has 1 fully saturated rings. The molecule has 1 aromatic heterocycles. The number of nitrogens with two attached hydrogens (primary N) is 2. The molecule has 0 unspecified atom stereocenters. The van der Waals surface area contributed by atoms with E-state index in [4.69, 9.17) is 11.5 Å². The van der Waals surface area contributed by atoms with Crippen LogP contribution in [0.5, 0.6) is 0 Å². The molecule has 1 aliphatic heterocycles. The zero-order chi connectivity index (χ0) is 18.8. The van der Waals surface area contributed by atoms with E-state index in [1.54, 1.807) is 0 Å². The van der Waals surface area contributed by atoms with E-state index in [9.17, 15) is 0 Å². The third-order valence-electron chi connectivity index (χ3n) is 5.15. The highest BCUT2D eigenvalue weighted by Crippen LogP contribution is 2.36. The van der Waals surface area contributed by atoms with Gasteiger partial charge < -0.3 is 16.4 Å². The van der Waals surface area contributed by atoms with Crippen molar-refractivity contribution in [1.82, 2.24) is 9.97 Å². The third kappa shape index (κ3) is 3.58. The van der Waals surface area contributed by atoms with Gasteiger partial charge in [0.15, 0.2) is 0 Å². The summed E-state index contributed by atoms with van der Waals surface area (Å²) >= 11 is 0.